The minimum Gasteiger partial charge on any atom is -0.493 e. The Hall–Kier alpha value is -2.77. The molecule has 1 N–H and O–H groups in total. The van der Waals surface area contributed by atoms with Crippen LogP contribution in [-0.4, -0.2) is 39.6 Å². The van der Waals surface area contributed by atoms with Gasteiger partial charge in [-0.25, -0.2) is 9.67 Å². The van der Waals surface area contributed by atoms with E-state index < -0.39 is 5.97 Å². The molecule has 0 saturated heterocycles. The van der Waals surface area contributed by atoms with Crippen LogP contribution in [0.3, 0.4) is 0 Å². The Bertz CT molecular complexity index is 1100. The maximum atomic E-state index is 11.2. The number of aliphatic carboxylic acids is 1. The number of carboxylic acid groups (broad SMARTS) is 1. The number of pyridine rings is 1. The highest BCUT2D eigenvalue weighted by Gasteiger charge is 2.17. The van der Waals surface area contributed by atoms with Crippen LogP contribution in [0.15, 0.2) is 36.7 Å². The molecule has 0 spiro atoms. The van der Waals surface area contributed by atoms with Crippen LogP contribution in [0.1, 0.15) is 43.0 Å². The molecular weight excluding hydrogens is 453 g/mol. The second kappa shape index (κ2) is 10.7. The minimum atomic E-state index is -0.924. The molecule has 1 aromatic carbocycles. The van der Waals surface area contributed by atoms with Crippen LogP contribution in [0.5, 0.6) is 11.5 Å². The number of nitrogens with zero attached hydrogens (tertiary/aromatic N) is 3. The van der Waals surface area contributed by atoms with Crippen molar-refractivity contribution in [2.75, 3.05) is 13.7 Å². The smallest absolute Gasteiger partial charge is 0.307 e. The first-order valence-electron chi connectivity index (χ1n) is 10.2. The van der Waals surface area contributed by atoms with Crippen LogP contribution in [0.25, 0.3) is 5.82 Å². The number of halogens is 2. The highest BCUT2D eigenvalue weighted by Crippen LogP contribution is 2.32. The molecule has 0 aliphatic rings. The van der Waals surface area contributed by atoms with E-state index in [0.717, 1.165) is 17.7 Å². The summed E-state index contributed by atoms with van der Waals surface area (Å²) in [5.41, 5.74) is 2.61. The van der Waals surface area contributed by atoms with Crippen molar-refractivity contribution >= 4 is 29.2 Å². The lowest BCUT2D eigenvalue weighted by molar-refractivity contribution is -0.136. The number of aryl methyl sites for hydroxylation is 1. The van der Waals surface area contributed by atoms with Crippen molar-refractivity contribution < 1.29 is 19.4 Å². The van der Waals surface area contributed by atoms with Crippen molar-refractivity contribution in [1.29, 1.82) is 0 Å². The first-order chi connectivity index (χ1) is 15.3. The topological polar surface area (TPSA) is 86.5 Å². The fourth-order valence-corrected chi connectivity index (χ4v) is 3.88. The number of hydrogen-bond acceptors (Lipinski definition) is 5. The Morgan fingerprint density at radius 1 is 1.25 bits per heavy atom. The minimum absolute atomic E-state index is 0.133. The molecule has 0 fully saturated rings. The first kappa shape index (κ1) is 23.9. The molecule has 0 aliphatic heterocycles. The zero-order valence-electron chi connectivity index (χ0n) is 18.1. The summed E-state index contributed by atoms with van der Waals surface area (Å²) in [6.45, 7) is 4.56. The molecule has 2 heterocycles. The summed E-state index contributed by atoms with van der Waals surface area (Å²) in [4.78, 5) is 15.5. The van der Waals surface area contributed by atoms with Gasteiger partial charge in [0.05, 0.1) is 35.9 Å². The van der Waals surface area contributed by atoms with Crippen LogP contribution < -0.4 is 9.47 Å². The number of methoxy groups -OCH3 is 1. The highest BCUT2D eigenvalue weighted by atomic mass is 35.5. The second-order valence-electron chi connectivity index (χ2n) is 7.57. The van der Waals surface area contributed by atoms with E-state index in [-0.39, 0.29) is 12.3 Å². The number of rotatable bonds is 10. The molecule has 0 bridgehead atoms. The zero-order chi connectivity index (χ0) is 23.3. The lowest BCUT2D eigenvalue weighted by atomic mass is 10.0. The van der Waals surface area contributed by atoms with Crippen molar-refractivity contribution in [3.05, 3.63) is 63.5 Å². The molecule has 9 heteroatoms. The molecule has 32 heavy (non-hydrogen) atoms. The third-order valence-electron chi connectivity index (χ3n) is 4.83. The quantitative estimate of drug-likeness (QED) is 0.396. The van der Waals surface area contributed by atoms with E-state index in [1.807, 2.05) is 6.20 Å². The monoisotopic (exact) mass is 477 g/mol. The Labute approximate surface area is 196 Å². The van der Waals surface area contributed by atoms with E-state index in [1.54, 1.807) is 28.9 Å². The van der Waals surface area contributed by atoms with Gasteiger partial charge in [-0.2, -0.15) is 5.10 Å². The number of aromatic nitrogens is 3. The molecule has 2 aromatic heterocycles. The molecule has 7 nitrogen and oxygen atoms in total. The standard InChI is InChI=1S/C23H25Cl2N3O4/c1-14(2)21-16(13-28(27-21)23-18(25)11-17(24)12-26-23)7-5-9-32-22-15(10-20(29)30)6-4-8-19(22)31-3/h4,6,8,11-14H,5,7,9-10H2,1-3H3,(H,29,30). The SMILES string of the molecule is COc1cccc(CC(=O)O)c1OCCCc1cn(-c2ncc(Cl)cc2Cl)nc1C(C)C. The maximum absolute atomic E-state index is 11.2. The van der Waals surface area contributed by atoms with E-state index in [1.165, 1.54) is 13.3 Å². The van der Waals surface area contributed by atoms with Crippen LogP contribution in [0.2, 0.25) is 10.0 Å². The third kappa shape index (κ3) is 5.72. The Morgan fingerprint density at radius 3 is 2.69 bits per heavy atom. The summed E-state index contributed by atoms with van der Waals surface area (Å²) in [6.07, 6.45) is 4.76. The summed E-state index contributed by atoms with van der Waals surface area (Å²) in [5, 5.41) is 14.7. The molecule has 0 radical (unpaired) electrons. The average Bonchev–Trinajstić information content (AvgIpc) is 3.15. The van der Waals surface area contributed by atoms with Gasteiger partial charge < -0.3 is 14.6 Å². The van der Waals surface area contributed by atoms with Crippen LogP contribution >= 0.6 is 23.2 Å². The molecule has 170 valence electrons. The highest BCUT2D eigenvalue weighted by molar-refractivity contribution is 6.35. The molecule has 3 rings (SSSR count). The van der Waals surface area contributed by atoms with Gasteiger partial charge in [0, 0.05) is 18.0 Å². The number of carbonyl (C=O) groups is 1. The van der Waals surface area contributed by atoms with Gasteiger partial charge in [0.25, 0.3) is 0 Å². The predicted octanol–water partition coefficient (Wildman–Crippen LogP) is 5.34. The van der Waals surface area contributed by atoms with E-state index in [2.05, 4.69) is 23.9 Å². The summed E-state index contributed by atoms with van der Waals surface area (Å²) in [7, 11) is 1.53. The van der Waals surface area contributed by atoms with Gasteiger partial charge in [-0.1, -0.05) is 49.2 Å². The summed E-state index contributed by atoms with van der Waals surface area (Å²) < 4.78 is 13.0. The summed E-state index contributed by atoms with van der Waals surface area (Å²) >= 11 is 12.3. The van der Waals surface area contributed by atoms with Gasteiger partial charge in [0.15, 0.2) is 17.3 Å². The van der Waals surface area contributed by atoms with Crippen molar-refractivity contribution in [3.63, 3.8) is 0 Å². The number of para-hydroxylation sites is 1. The number of hydrogen-bond donors (Lipinski definition) is 1. The van der Waals surface area contributed by atoms with E-state index in [0.29, 0.717) is 46.0 Å². The molecule has 0 unspecified atom stereocenters. The molecular formula is C23H25Cl2N3O4. The van der Waals surface area contributed by atoms with Crippen molar-refractivity contribution in [1.82, 2.24) is 14.8 Å². The lowest BCUT2D eigenvalue weighted by Gasteiger charge is -2.14. The molecule has 0 atom stereocenters. The normalized spacial score (nSPS) is 11.1. The molecule has 0 saturated carbocycles. The van der Waals surface area contributed by atoms with E-state index in [4.69, 9.17) is 37.8 Å². The molecule has 0 amide bonds. The van der Waals surface area contributed by atoms with E-state index >= 15 is 0 Å². The number of ether oxygens (including phenoxy) is 2. The van der Waals surface area contributed by atoms with Crippen LogP contribution in [-0.2, 0) is 17.6 Å². The van der Waals surface area contributed by atoms with E-state index in [9.17, 15) is 4.79 Å². The fourth-order valence-electron chi connectivity index (χ4n) is 3.41. The van der Waals surface area contributed by atoms with Gasteiger partial charge in [-0.15, -0.1) is 0 Å². The fraction of sp³-hybridized carbons (Fsp3) is 0.348. The van der Waals surface area contributed by atoms with Gasteiger partial charge in [0.1, 0.15) is 0 Å². The second-order valence-corrected chi connectivity index (χ2v) is 8.41. The zero-order valence-corrected chi connectivity index (χ0v) is 19.7. The first-order valence-corrected chi connectivity index (χ1v) is 11.0. The van der Waals surface area contributed by atoms with Gasteiger partial charge >= 0.3 is 5.97 Å². The molecule has 0 aliphatic carbocycles. The Kier molecular flexibility index (Phi) is 7.99. The van der Waals surface area contributed by atoms with Gasteiger partial charge in [0.2, 0.25) is 0 Å². The number of carboxylic acids is 1. The predicted molar refractivity (Wildman–Crippen MR) is 124 cm³/mol. The van der Waals surface area contributed by atoms with Crippen molar-refractivity contribution in [2.45, 2.75) is 39.0 Å². The Balaban J connectivity index is 1.73. The largest absolute Gasteiger partial charge is 0.493 e. The van der Waals surface area contributed by atoms with Crippen molar-refractivity contribution in [2.24, 2.45) is 0 Å². The third-order valence-corrected chi connectivity index (χ3v) is 5.32. The Morgan fingerprint density at radius 2 is 2.03 bits per heavy atom. The summed E-state index contributed by atoms with van der Waals surface area (Å²) in [5.74, 6) is 0.797. The lowest BCUT2D eigenvalue weighted by Crippen LogP contribution is -2.07. The van der Waals surface area contributed by atoms with Gasteiger partial charge in [-0.05, 0) is 36.5 Å². The maximum Gasteiger partial charge on any atom is 0.307 e. The van der Waals surface area contributed by atoms with Gasteiger partial charge in [-0.3, -0.25) is 4.79 Å². The van der Waals surface area contributed by atoms with Crippen molar-refractivity contribution in [3.8, 4) is 17.3 Å². The summed E-state index contributed by atoms with van der Waals surface area (Å²) in [6, 6.07) is 6.88. The average molecular weight is 478 g/mol. The number of benzene rings is 1. The van der Waals surface area contributed by atoms with Crippen LogP contribution in [0, 0.1) is 0 Å². The van der Waals surface area contributed by atoms with Crippen LogP contribution in [0.4, 0.5) is 0 Å². The molecule has 3 aromatic rings.